The van der Waals surface area contributed by atoms with Gasteiger partial charge in [0.25, 0.3) is 5.89 Å². The minimum atomic E-state index is -0.479. The number of anilines is 1. The summed E-state index contributed by atoms with van der Waals surface area (Å²) < 4.78 is 7.82. The van der Waals surface area contributed by atoms with Gasteiger partial charge < -0.3 is 9.84 Å². The summed E-state index contributed by atoms with van der Waals surface area (Å²) in [4.78, 5) is 29.9. The molecule has 0 aliphatic heterocycles. The maximum absolute atomic E-state index is 12.9. The minimum Gasteiger partial charge on any atom is -0.333 e. The molecular weight excluding hydrogens is 479 g/mol. The summed E-state index contributed by atoms with van der Waals surface area (Å²) in [6.45, 7) is 1.51. The number of carbonyl (C=O) groups excluding carboxylic acids is 1. The van der Waals surface area contributed by atoms with Gasteiger partial charge in [-0.2, -0.15) is 4.98 Å². The van der Waals surface area contributed by atoms with Crippen molar-refractivity contribution >= 4 is 40.4 Å². The second-order valence-electron chi connectivity index (χ2n) is 7.45. The van der Waals surface area contributed by atoms with Gasteiger partial charge >= 0.3 is 5.69 Å². The number of nitrogens with one attached hydrogen (secondary N) is 1. The number of rotatable bonds is 5. The third-order valence-electron chi connectivity index (χ3n) is 5.20. The lowest BCUT2D eigenvalue weighted by Crippen LogP contribution is -2.28. The molecule has 0 unspecified atom stereocenters. The maximum atomic E-state index is 12.9. The van der Waals surface area contributed by atoms with E-state index < -0.39 is 11.6 Å². The summed E-state index contributed by atoms with van der Waals surface area (Å²) in [5, 5.41) is 12.2. The summed E-state index contributed by atoms with van der Waals surface area (Å²) in [6.07, 6.45) is 1.56. The Hall–Kier alpha value is -3.95. The Labute approximate surface area is 202 Å². The first-order chi connectivity index (χ1) is 16.4. The highest BCUT2D eigenvalue weighted by Crippen LogP contribution is 2.26. The Morgan fingerprint density at radius 1 is 1.09 bits per heavy atom. The van der Waals surface area contributed by atoms with Crippen LogP contribution < -0.4 is 11.0 Å². The molecule has 34 heavy (non-hydrogen) atoms. The first-order valence-electron chi connectivity index (χ1n) is 10.1. The molecule has 0 atom stereocenters. The zero-order valence-corrected chi connectivity index (χ0v) is 19.2. The molecule has 1 amide bonds. The van der Waals surface area contributed by atoms with Gasteiger partial charge in [-0.25, -0.2) is 13.9 Å². The highest BCUT2D eigenvalue weighted by molar-refractivity contribution is 6.31. The smallest absolute Gasteiger partial charge is 0.333 e. The van der Waals surface area contributed by atoms with Crippen LogP contribution in [0.3, 0.4) is 0 Å². The van der Waals surface area contributed by atoms with E-state index in [1.54, 1.807) is 67.7 Å². The first-order valence-corrected chi connectivity index (χ1v) is 10.9. The van der Waals surface area contributed by atoms with E-state index in [-0.39, 0.29) is 18.1 Å². The van der Waals surface area contributed by atoms with Crippen LogP contribution >= 0.6 is 23.2 Å². The standard InChI is InChI=1S/C23H16Cl2N6O3/c1-13-17(25)5-2-6-18(13)26-19(32)12-31-23(33)30-11-3-4-16(21(30)28-31)22-27-20(29-34-22)14-7-9-15(24)10-8-14/h2-11H,12H2,1H3,(H,26,32). The molecule has 2 aromatic carbocycles. The normalized spacial score (nSPS) is 11.1. The number of halogens is 2. The number of nitrogens with zero attached hydrogens (tertiary/aromatic N) is 5. The Kier molecular flexibility index (Phi) is 5.64. The van der Waals surface area contributed by atoms with Crippen molar-refractivity contribution in [1.82, 2.24) is 24.3 Å². The molecule has 0 spiro atoms. The Bertz CT molecular complexity index is 1590. The van der Waals surface area contributed by atoms with Crippen molar-refractivity contribution in [3.8, 4) is 22.8 Å². The molecule has 0 bridgehead atoms. The van der Waals surface area contributed by atoms with E-state index in [9.17, 15) is 9.59 Å². The van der Waals surface area contributed by atoms with Gasteiger partial charge in [-0.05, 0) is 61.0 Å². The molecule has 0 radical (unpaired) electrons. The van der Waals surface area contributed by atoms with E-state index in [0.717, 1.165) is 15.8 Å². The SMILES string of the molecule is Cc1c(Cl)cccc1NC(=O)Cn1nc2c(-c3nc(-c4ccc(Cl)cc4)no3)cccn2c1=O. The number of pyridine rings is 1. The third kappa shape index (κ3) is 4.07. The van der Waals surface area contributed by atoms with Crippen LogP contribution in [0.1, 0.15) is 5.56 Å². The molecular formula is C23H16Cl2N6O3. The Morgan fingerprint density at radius 3 is 2.68 bits per heavy atom. The second kappa shape index (κ2) is 8.77. The van der Waals surface area contributed by atoms with Crippen molar-refractivity contribution in [2.24, 2.45) is 0 Å². The van der Waals surface area contributed by atoms with Gasteiger partial charge in [0.05, 0.1) is 5.56 Å². The van der Waals surface area contributed by atoms with Crippen molar-refractivity contribution in [2.75, 3.05) is 5.32 Å². The molecule has 0 fully saturated rings. The topological polar surface area (TPSA) is 107 Å². The number of aromatic nitrogens is 5. The number of fused-ring (bicyclic) bond motifs is 1. The average Bonchev–Trinajstić information content (AvgIpc) is 3.43. The fourth-order valence-corrected chi connectivity index (χ4v) is 3.73. The van der Waals surface area contributed by atoms with Crippen LogP contribution in [0.25, 0.3) is 28.5 Å². The van der Waals surface area contributed by atoms with Crippen molar-refractivity contribution in [3.05, 3.63) is 86.9 Å². The second-order valence-corrected chi connectivity index (χ2v) is 8.29. The number of hydrogen-bond acceptors (Lipinski definition) is 6. The highest BCUT2D eigenvalue weighted by atomic mass is 35.5. The van der Waals surface area contributed by atoms with Crippen LogP contribution in [0.4, 0.5) is 5.69 Å². The van der Waals surface area contributed by atoms with Gasteiger partial charge in [0.15, 0.2) is 5.65 Å². The van der Waals surface area contributed by atoms with Gasteiger partial charge in [-0.3, -0.25) is 4.79 Å². The van der Waals surface area contributed by atoms with Crippen LogP contribution in [-0.4, -0.2) is 30.2 Å². The van der Waals surface area contributed by atoms with Crippen LogP contribution in [0.2, 0.25) is 10.0 Å². The van der Waals surface area contributed by atoms with Crippen molar-refractivity contribution in [1.29, 1.82) is 0 Å². The number of amides is 1. The Morgan fingerprint density at radius 2 is 1.88 bits per heavy atom. The summed E-state index contributed by atoms with van der Waals surface area (Å²) >= 11 is 12.0. The summed E-state index contributed by atoms with van der Waals surface area (Å²) in [6, 6.07) is 15.6. The van der Waals surface area contributed by atoms with E-state index in [2.05, 4.69) is 20.6 Å². The molecule has 0 saturated carbocycles. The number of hydrogen-bond donors (Lipinski definition) is 1. The van der Waals surface area contributed by atoms with E-state index in [1.165, 1.54) is 4.40 Å². The van der Waals surface area contributed by atoms with Gasteiger partial charge in [-0.15, -0.1) is 5.10 Å². The predicted octanol–water partition coefficient (Wildman–Crippen LogP) is 4.47. The molecule has 5 aromatic rings. The van der Waals surface area contributed by atoms with E-state index in [1.807, 2.05) is 0 Å². The lowest BCUT2D eigenvalue weighted by atomic mass is 10.2. The van der Waals surface area contributed by atoms with E-state index in [4.69, 9.17) is 27.7 Å². The average molecular weight is 495 g/mol. The lowest BCUT2D eigenvalue weighted by molar-refractivity contribution is -0.117. The number of carbonyl (C=O) groups is 1. The number of benzene rings is 2. The van der Waals surface area contributed by atoms with Gasteiger partial charge in [0, 0.05) is 27.5 Å². The quantitative estimate of drug-likeness (QED) is 0.386. The first kappa shape index (κ1) is 21.9. The molecule has 9 nitrogen and oxygen atoms in total. The molecule has 170 valence electrons. The lowest BCUT2D eigenvalue weighted by Gasteiger charge is -2.09. The summed E-state index contributed by atoms with van der Waals surface area (Å²) in [5.74, 6) is 0.138. The van der Waals surface area contributed by atoms with Gasteiger partial charge in [0.2, 0.25) is 11.7 Å². The van der Waals surface area contributed by atoms with Gasteiger partial charge in [0.1, 0.15) is 6.54 Å². The van der Waals surface area contributed by atoms with Crippen molar-refractivity contribution < 1.29 is 9.32 Å². The van der Waals surface area contributed by atoms with Crippen LogP contribution in [0, 0.1) is 6.92 Å². The fourth-order valence-electron chi connectivity index (χ4n) is 3.43. The van der Waals surface area contributed by atoms with Gasteiger partial charge in [-0.1, -0.05) is 34.4 Å². The summed E-state index contributed by atoms with van der Waals surface area (Å²) in [7, 11) is 0. The molecule has 5 rings (SSSR count). The molecule has 1 N–H and O–H groups in total. The summed E-state index contributed by atoms with van der Waals surface area (Å²) in [5.41, 5.74) is 2.28. The van der Waals surface area contributed by atoms with E-state index >= 15 is 0 Å². The van der Waals surface area contributed by atoms with Crippen molar-refractivity contribution in [3.63, 3.8) is 0 Å². The third-order valence-corrected chi connectivity index (χ3v) is 5.86. The molecule has 11 heteroatoms. The maximum Gasteiger partial charge on any atom is 0.350 e. The zero-order chi connectivity index (χ0) is 23.8. The predicted molar refractivity (Wildman–Crippen MR) is 128 cm³/mol. The molecule has 3 aromatic heterocycles. The van der Waals surface area contributed by atoms with E-state index in [0.29, 0.717) is 27.1 Å². The minimum absolute atomic E-state index is 0.187. The highest BCUT2D eigenvalue weighted by Gasteiger charge is 2.19. The van der Waals surface area contributed by atoms with Crippen LogP contribution in [0.5, 0.6) is 0 Å². The van der Waals surface area contributed by atoms with Crippen LogP contribution in [-0.2, 0) is 11.3 Å². The molecule has 0 saturated heterocycles. The molecule has 3 heterocycles. The monoisotopic (exact) mass is 494 g/mol. The Balaban J connectivity index is 1.45. The largest absolute Gasteiger partial charge is 0.350 e. The zero-order valence-electron chi connectivity index (χ0n) is 17.7. The fraction of sp³-hybridized carbons (Fsp3) is 0.0870. The molecule has 0 aliphatic rings. The molecule has 0 aliphatic carbocycles. The van der Waals surface area contributed by atoms with Crippen molar-refractivity contribution in [2.45, 2.75) is 13.5 Å². The van der Waals surface area contributed by atoms with Crippen LogP contribution in [0.15, 0.2) is 70.1 Å².